The summed E-state index contributed by atoms with van der Waals surface area (Å²) in [6.07, 6.45) is 15.2. The zero-order valence-corrected chi connectivity index (χ0v) is 22.5. The van der Waals surface area contributed by atoms with E-state index in [0.717, 1.165) is 24.3 Å². The fourth-order valence-corrected chi connectivity index (χ4v) is 7.93. The summed E-state index contributed by atoms with van der Waals surface area (Å²) in [5, 5.41) is 0. The molecular formula is C16H40O2P2S2Zn. The molecule has 7 heteroatoms. The van der Waals surface area contributed by atoms with E-state index in [1.54, 1.807) is 0 Å². The zero-order chi connectivity index (χ0) is 16.0. The minimum atomic E-state index is -2.93. The van der Waals surface area contributed by atoms with Crippen molar-refractivity contribution in [1.29, 1.82) is 0 Å². The first-order valence-electron chi connectivity index (χ1n) is 8.77. The van der Waals surface area contributed by atoms with Crippen molar-refractivity contribution in [3.8, 4) is 0 Å². The van der Waals surface area contributed by atoms with Crippen LogP contribution in [0.5, 0.6) is 0 Å². The first-order valence-corrected chi connectivity index (χ1v) is 13.8. The van der Waals surface area contributed by atoms with Crippen LogP contribution in [0.15, 0.2) is 0 Å². The molecule has 0 aliphatic carbocycles. The average molecular weight is 456 g/mol. The Balaban J connectivity index is -0.00000200. The molecule has 0 saturated heterocycles. The molecule has 0 fully saturated rings. The maximum absolute atomic E-state index is 9.90. The number of unbranched alkanes of at least 4 members (excludes halogenated alkanes) is 10. The van der Waals surface area contributed by atoms with Gasteiger partial charge in [0, 0.05) is 19.5 Å². The third-order valence-electron chi connectivity index (χ3n) is 3.81. The van der Waals surface area contributed by atoms with E-state index in [1.165, 1.54) is 64.2 Å². The van der Waals surface area contributed by atoms with Crippen LogP contribution in [0, 0.1) is 0 Å². The van der Waals surface area contributed by atoms with Crippen molar-refractivity contribution in [1.82, 2.24) is 0 Å². The van der Waals surface area contributed by atoms with E-state index in [9.17, 15) is 9.79 Å². The van der Waals surface area contributed by atoms with Gasteiger partial charge in [0.05, 0.1) is 0 Å². The first-order chi connectivity index (χ1) is 10.0. The van der Waals surface area contributed by atoms with Crippen molar-refractivity contribution in [3.05, 3.63) is 0 Å². The quantitative estimate of drug-likeness (QED) is 0.131. The zero-order valence-electron chi connectivity index (χ0n) is 15.5. The van der Waals surface area contributed by atoms with Crippen LogP contribution >= 0.6 is 27.8 Å². The van der Waals surface area contributed by atoms with Gasteiger partial charge in [0.1, 0.15) is 0 Å². The normalized spacial score (nSPS) is 11.2. The number of hydrogen-bond donors (Lipinski definition) is 3. The molecule has 0 aromatic carbocycles. The smallest absolute Gasteiger partial charge is 0.198 e. The summed E-state index contributed by atoms with van der Waals surface area (Å²) in [5.41, 5.74) is -2.93. The van der Waals surface area contributed by atoms with Crippen LogP contribution in [0.1, 0.15) is 90.9 Å². The maximum Gasteiger partial charge on any atom is 0.198 e. The van der Waals surface area contributed by atoms with E-state index in [4.69, 9.17) is 0 Å². The van der Waals surface area contributed by atoms with Gasteiger partial charge in [-0.3, -0.25) is 0 Å². The van der Waals surface area contributed by atoms with Crippen molar-refractivity contribution >= 4 is 37.9 Å². The summed E-state index contributed by atoms with van der Waals surface area (Å²) >= 11 is 4.10. The van der Waals surface area contributed by atoms with E-state index in [1.807, 2.05) is 0 Å². The van der Waals surface area contributed by atoms with Crippen molar-refractivity contribution in [2.24, 2.45) is 0 Å². The van der Waals surface area contributed by atoms with Gasteiger partial charge in [0.2, 0.25) is 0 Å². The van der Waals surface area contributed by atoms with Crippen LogP contribution in [0.4, 0.5) is 0 Å². The molecule has 2 nitrogen and oxygen atoms in total. The van der Waals surface area contributed by atoms with E-state index < -0.39 is 5.69 Å². The van der Waals surface area contributed by atoms with E-state index in [2.05, 4.69) is 26.1 Å². The van der Waals surface area contributed by atoms with Crippen LogP contribution in [0.2, 0.25) is 0 Å². The maximum atomic E-state index is 9.90. The monoisotopic (exact) mass is 454 g/mol. The molecule has 1 atom stereocenters. The molecule has 0 radical (unpaired) electrons. The van der Waals surface area contributed by atoms with E-state index in [0.29, 0.717) is 0 Å². The van der Waals surface area contributed by atoms with Crippen LogP contribution in [-0.2, 0) is 29.6 Å². The molecule has 0 bridgehead atoms. The number of thiol groups is 1. The third kappa shape index (κ3) is 20.3. The molecule has 1 unspecified atom stereocenters. The summed E-state index contributed by atoms with van der Waals surface area (Å²) in [6, 6.07) is 0. The van der Waals surface area contributed by atoms with Crippen LogP contribution < -0.4 is 0 Å². The molecular weight excluding hydrogens is 416 g/mol. The number of rotatable bonds is 14. The first kappa shape index (κ1) is 29.9. The third-order valence-corrected chi connectivity index (χ3v) is 11.3. The molecule has 0 aliphatic heterocycles. The topological polar surface area (TPSA) is 40.5 Å². The fraction of sp³-hybridized carbons (Fsp3) is 1.00. The SMILES string of the molecule is CCCCCCCCS(CCCCCCCC)=P(O)(O)S.P.[Zn]. The predicted molar refractivity (Wildman–Crippen MR) is 115 cm³/mol. The second-order valence-electron chi connectivity index (χ2n) is 5.92. The summed E-state index contributed by atoms with van der Waals surface area (Å²) in [5.74, 6) is 1.93. The summed E-state index contributed by atoms with van der Waals surface area (Å²) in [4.78, 5) is 19.8. The number of hydrogen-bond acceptors (Lipinski definition) is 0. The summed E-state index contributed by atoms with van der Waals surface area (Å²) in [6.45, 7) is 4.46. The Labute approximate surface area is 169 Å². The summed E-state index contributed by atoms with van der Waals surface area (Å²) in [7, 11) is -0.270. The summed E-state index contributed by atoms with van der Waals surface area (Å²) < 4.78 is 0. The molecule has 0 aromatic heterocycles. The minimum absolute atomic E-state index is 0. The van der Waals surface area contributed by atoms with Crippen molar-refractivity contribution in [2.75, 3.05) is 11.5 Å². The predicted octanol–water partition coefficient (Wildman–Crippen LogP) is 5.97. The Morgan fingerprint density at radius 2 is 1.00 bits per heavy atom. The van der Waals surface area contributed by atoms with E-state index in [-0.39, 0.29) is 39.4 Å². The molecule has 0 amide bonds. The van der Waals surface area contributed by atoms with Crippen LogP contribution in [0.3, 0.4) is 0 Å². The van der Waals surface area contributed by atoms with Crippen molar-refractivity contribution < 1.29 is 29.3 Å². The molecule has 0 aliphatic rings. The molecule has 23 heavy (non-hydrogen) atoms. The molecule has 0 aromatic rings. The van der Waals surface area contributed by atoms with Crippen molar-refractivity contribution in [2.45, 2.75) is 90.9 Å². The molecule has 0 heterocycles. The van der Waals surface area contributed by atoms with Crippen molar-refractivity contribution in [3.63, 3.8) is 0 Å². The van der Waals surface area contributed by atoms with Gasteiger partial charge in [-0.05, 0) is 24.3 Å². The fourth-order valence-electron chi connectivity index (χ4n) is 2.45. The van der Waals surface area contributed by atoms with Crippen LogP contribution in [-0.4, -0.2) is 21.3 Å². The molecule has 2 N–H and O–H groups in total. The second-order valence-corrected chi connectivity index (χ2v) is 14.2. The Kier molecular flexibility index (Phi) is 26.5. The standard InChI is InChI=1S/C16H37O2PS2.H3P.Zn/c1-3-5-7-9-11-13-15-21(19(17,18)20)16-14-12-10-8-6-4-2;;/h17-18,20H,3-16H2,1-2H3;1H3;. The molecule has 0 rings (SSSR count). The minimum Gasteiger partial charge on any atom is -0.341 e. The van der Waals surface area contributed by atoms with Gasteiger partial charge in [-0.2, -0.15) is 9.90 Å². The van der Waals surface area contributed by atoms with Gasteiger partial charge in [-0.25, -0.2) is 0 Å². The van der Waals surface area contributed by atoms with E-state index >= 15 is 0 Å². The average Bonchev–Trinajstić information content (AvgIpc) is 2.42. The van der Waals surface area contributed by atoms with Crippen LogP contribution in [0.25, 0.3) is 0 Å². The molecule has 140 valence electrons. The van der Waals surface area contributed by atoms with Gasteiger partial charge in [0.15, 0.2) is 5.69 Å². The van der Waals surface area contributed by atoms with Gasteiger partial charge < -0.3 is 9.79 Å². The molecule has 0 spiro atoms. The Bertz CT molecular complexity index is 274. The van der Waals surface area contributed by atoms with Gasteiger partial charge in [-0.15, -0.1) is 10.1 Å². The van der Waals surface area contributed by atoms with Gasteiger partial charge >= 0.3 is 0 Å². The van der Waals surface area contributed by atoms with Gasteiger partial charge in [0.25, 0.3) is 0 Å². The Morgan fingerprint density at radius 3 is 1.30 bits per heavy atom. The Hall–Kier alpha value is 2.10. The van der Waals surface area contributed by atoms with Gasteiger partial charge in [-0.1, -0.05) is 90.3 Å². The largest absolute Gasteiger partial charge is 0.341 e. The second kappa shape index (κ2) is 20.4. The Morgan fingerprint density at radius 1 is 0.696 bits per heavy atom. The molecule has 0 saturated carbocycles.